The van der Waals surface area contributed by atoms with Crippen LogP contribution in [-0.2, 0) is 10.0 Å². The van der Waals surface area contributed by atoms with E-state index < -0.39 is 16.1 Å². The lowest BCUT2D eigenvalue weighted by molar-refractivity contribution is 0.254. The zero-order valence-electron chi connectivity index (χ0n) is 9.77. The van der Waals surface area contributed by atoms with Crippen molar-refractivity contribution < 1.29 is 13.5 Å². The van der Waals surface area contributed by atoms with Gasteiger partial charge in [-0.1, -0.05) is 28.9 Å². The molecule has 0 saturated carbocycles. The minimum Gasteiger partial charge on any atom is -0.395 e. The van der Waals surface area contributed by atoms with E-state index in [2.05, 4.69) is 20.7 Å². The molecule has 1 aromatic carbocycles. The van der Waals surface area contributed by atoms with Crippen molar-refractivity contribution >= 4 is 26.0 Å². The third-order valence-electron chi connectivity index (χ3n) is 2.47. The van der Waals surface area contributed by atoms with Crippen molar-refractivity contribution in [2.75, 3.05) is 6.61 Å². The maximum absolute atomic E-state index is 12.1. The second kappa shape index (κ2) is 5.95. The van der Waals surface area contributed by atoms with Gasteiger partial charge in [0.15, 0.2) is 0 Å². The van der Waals surface area contributed by atoms with Crippen LogP contribution in [-0.4, -0.2) is 26.2 Å². The van der Waals surface area contributed by atoms with E-state index in [0.717, 1.165) is 0 Å². The lowest BCUT2D eigenvalue weighted by Gasteiger charge is -2.15. The van der Waals surface area contributed by atoms with E-state index in [-0.39, 0.29) is 11.5 Å². The van der Waals surface area contributed by atoms with Crippen LogP contribution in [0.25, 0.3) is 0 Å². The Kier molecular flexibility index (Phi) is 5.12. The van der Waals surface area contributed by atoms with Gasteiger partial charge in [0.05, 0.1) is 11.5 Å². The summed E-state index contributed by atoms with van der Waals surface area (Å²) in [6, 6.07) is 4.64. The first-order valence-electron chi connectivity index (χ1n) is 5.30. The average Bonchev–Trinajstić information content (AvgIpc) is 2.29. The standard InChI is InChI=1S/C11H16BrNO3S/c1-3-10(7-14)13-17(15,16)11-6-9(12)5-4-8(11)2/h4-6,10,13-14H,3,7H2,1-2H3/t10-/m1/s1. The molecule has 0 radical (unpaired) electrons. The summed E-state index contributed by atoms with van der Waals surface area (Å²) in [5.41, 5.74) is 0.675. The van der Waals surface area contributed by atoms with E-state index in [1.165, 1.54) is 0 Å². The molecule has 0 aliphatic heterocycles. The maximum Gasteiger partial charge on any atom is 0.241 e. The molecule has 4 nitrogen and oxygen atoms in total. The number of sulfonamides is 1. The Hall–Kier alpha value is -0.430. The molecular formula is C11H16BrNO3S. The molecule has 0 saturated heterocycles. The quantitative estimate of drug-likeness (QED) is 0.869. The van der Waals surface area contributed by atoms with Crippen LogP contribution in [0.15, 0.2) is 27.6 Å². The second-order valence-corrected chi connectivity index (χ2v) is 6.42. The number of benzene rings is 1. The highest BCUT2D eigenvalue weighted by molar-refractivity contribution is 9.10. The van der Waals surface area contributed by atoms with E-state index in [9.17, 15) is 8.42 Å². The van der Waals surface area contributed by atoms with Gasteiger partial charge in [0, 0.05) is 10.5 Å². The van der Waals surface area contributed by atoms with Gasteiger partial charge in [0.2, 0.25) is 10.0 Å². The van der Waals surface area contributed by atoms with Crippen molar-refractivity contribution in [2.45, 2.75) is 31.2 Å². The van der Waals surface area contributed by atoms with Gasteiger partial charge in [-0.25, -0.2) is 13.1 Å². The smallest absolute Gasteiger partial charge is 0.241 e. The minimum atomic E-state index is -3.58. The number of aryl methyl sites for hydroxylation is 1. The molecular weight excluding hydrogens is 306 g/mol. The van der Waals surface area contributed by atoms with Crippen LogP contribution in [0, 0.1) is 6.92 Å². The summed E-state index contributed by atoms with van der Waals surface area (Å²) in [6.07, 6.45) is 0.544. The Morgan fingerprint density at radius 2 is 2.12 bits per heavy atom. The predicted octanol–water partition coefficient (Wildman–Crippen LogP) is 1.81. The summed E-state index contributed by atoms with van der Waals surface area (Å²) in [5.74, 6) is 0. The zero-order valence-corrected chi connectivity index (χ0v) is 12.2. The number of halogens is 1. The fourth-order valence-electron chi connectivity index (χ4n) is 1.40. The molecule has 0 aliphatic rings. The van der Waals surface area contributed by atoms with Gasteiger partial charge < -0.3 is 5.11 Å². The molecule has 0 aliphatic carbocycles. The Bertz CT molecular complexity index is 483. The second-order valence-electron chi connectivity index (χ2n) is 3.82. The largest absolute Gasteiger partial charge is 0.395 e. The van der Waals surface area contributed by atoms with Crippen LogP contribution in [0.1, 0.15) is 18.9 Å². The average molecular weight is 322 g/mol. The van der Waals surface area contributed by atoms with Crippen LogP contribution in [0.2, 0.25) is 0 Å². The van der Waals surface area contributed by atoms with Crippen LogP contribution in [0.4, 0.5) is 0 Å². The molecule has 1 atom stereocenters. The van der Waals surface area contributed by atoms with Gasteiger partial charge in [-0.2, -0.15) is 0 Å². The molecule has 0 fully saturated rings. The van der Waals surface area contributed by atoms with Crippen molar-refractivity contribution in [3.05, 3.63) is 28.2 Å². The Balaban J connectivity index is 3.09. The van der Waals surface area contributed by atoms with E-state index >= 15 is 0 Å². The summed E-state index contributed by atoms with van der Waals surface area (Å²) in [4.78, 5) is 0.235. The highest BCUT2D eigenvalue weighted by atomic mass is 79.9. The number of hydrogen-bond donors (Lipinski definition) is 2. The van der Waals surface area contributed by atoms with Crippen LogP contribution in [0.5, 0.6) is 0 Å². The molecule has 0 amide bonds. The molecule has 0 unspecified atom stereocenters. The Labute approximate surface area is 110 Å². The van der Waals surface area contributed by atoms with Gasteiger partial charge in [0.1, 0.15) is 0 Å². The van der Waals surface area contributed by atoms with Crippen molar-refractivity contribution in [3.63, 3.8) is 0 Å². The minimum absolute atomic E-state index is 0.206. The first kappa shape index (κ1) is 14.6. The van der Waals surface area contributed by atoms with E-state index in [1.807, 2.05) is 6.92 Å². The zero-order chi connectivity index (χ0) is 13.1. The lowest BCUT2D eigenvalue weighted by Crippen LogP contribution is -2.37. The highest BCUT2D eigenvalue weighted by Gasteiger charge is 2.20. The summed E-state index contributed by atoms with van der Waals surface area (Å²) in [6.45, 7) is 3.35. The van der Waals surface area contributed by atoms with E-state index in [0.29, 0.717) is 16.5 Å². The fraction of sp³-hybridized carbons (Fsp3) is 0.455. The van der Waals surface area contributed by atoms with Crippen LogP contribution < -0.4 is 4.72 Å². The molecule has 96 valence electrons. The molecule has 0 aromatic heterocycles. The van der Waals surface area contributed by atoms with Crippen molar-refractivity contribution in [1.29, 1.82) is 0 Å². The van der Waals surface area contributed by atoms with Gasteiger partial charge in [-0.05, 0) is 31.0 Å². The highest BCUT2D eigenvalue weighted by Crippen LogP contribution is 2.20. The number of nitrogens with one attached hydrogen (secondary N) is 1. The maximum atomic E-state index is 12.1. The van der Waals surface area contributed by atoms with Crippen molar-refractivity contribution in [3.8, 4) is 0 Å². The van der Waals surface area contributed by atoms with Crippen LogP contribution >= 0.6 is 15.9 Å². The molecule has 1 aromatic rings. The van der Waals surface area contributed by atoms with Crippen molar-refractivity contribution in [2.24, 2.45) is 0 Å². The SMILES string of the molecule is CC[C@H](CO)NS(=O)(=O)c1cc(Br)ccc1C. The van der Waals surface area contributed by atoms with Crippen LogP contribution in [0.3, 0.4) is 0 Å². The summed E-state index contributed by atoms with van der Waals surface area (Å²) < 4.78 is 27.4. The van der Waals surface area contributed by atoms with Gasteiger partial charge >= 0.3 is 0 Å². The number of aliphatic hydroxyl groups excluding tert-OH is 1. The van der Waals surface area contributed by atoms with E-state index in [4.69, 9.17) is 5.11 Å². The number of aliphatic hydroxyl groups is 1. The number of hydrogen-bond acceptors (Lipinski definition) is 3. The first-order chi connectivity index (χ1) is 7.90. The summed E-state index contributed by atoms with van der Waals surface area (Å²) >= 11 is 3.25. The molecule has 0 spiro atoms. The summed E-state index contributed by atoms with van der Waals surface area (Å²) in [7, 11) is -3.58. The molecule has 0 heterocycles. The normalized spacial score (nSPS) is 13.6. The third-order valence-corrected chi connectivity index (χ3v) is 4.63. The molecule has 6 heteroatoms. The molecule has 17 heavy (non-hydrogen) atoms. The van der Waals surface area contributed by atoms with Gasteiger partial charge in [-0.15, -0.1) is 0 Å². The third kappa shape index (κ3) is 3.77. The monoisotopic (exact) mass is 321 g/mol. The Morgan fingerprint density at radius 1 is 1.47 bits per heavy atom. The summed E-state index contributed by atoms with van der Waals surface area (Å²) in [5, 5.41) is 9.02. The predicted molar refractivity (Wildman–Crippen MR) is 70.4 cm³/mol. The first-order valence-corrected chi connectivity index (χ1v) is 7.57. The Morgan fingerprint density at radius 3 is 2.65 bits per heavy atom. The lowest BCUT2D eigenvalue weighted by atomic mass is 10.2. The number of rotatable bonds is 5. The van der Waals surface area contributed by atoms with Gasteiger partial charge in [-0.3, -0.25) is 0 Å². The topological polar surface area (TPSA) is 66.4 Å². The molecule has 0 bridgehead atoms. The van der Waals surface area contributed by atoms with Gasteiger partial charge in [0.25, 0.3) is 0 Å². The molecule has 2 N–H and O–H groups in total. The van der Waals surface area contributed by atoms with E-state index in [1.54, 1.807) is 25.1 Å². The fourth-order valence-corrected chi connectivity index (χ4v) is 3.49. The molecule has 1 rings (SSSR count). The van der Waals surface area contributed by atoms with Crippen molar-refractivity contribution in [1.82, 2.24) is 4.72 Å².